The van der Waals surface area contributed by atoms with E-state index in [9.17, 15) is 18.4 Å². The van der Waals surface area contributed by atoms with E-state index in [0.717, 1.165) is 47.9 Å². The van der Waals surface area contributed by atoms with Gasteiger partial charge in [0.15, 0.2) is 0 Å². The summed E-state index contributed by atoms with van der Waals surface area (Å²) in [6.07, 6.45) is 4.10. The maximum Gasteiger partial charge on any atom is 0.265 e. The molecule has 1 aliphatic heterocycles. The Labute approximate surface area is 144 Å². The molecule has 0 N–H and O–H groups in total. The zero-order valence-corrected chi connectivity index (χ0v) is 13.6. The Hall–Kier alpha value is -2.56. The molecule has 1 aliphatic carbocycles. The normalized spacial score (nSPS) is 19.2. The molecule has 1 spiro atoms. The smallest absolute Gasteiger partial charge is 0.265 e. The molecule has 25 heavy (non-hydrogen) atoms. The minimum atomic E-state index is -0.813. The SMILES string of the molecule is O=C1c2ccccc2C2(CCCCC2)C(=O)N1c1cc(F)cc(F)c1. The van der Waals surface area contributed by atoms with E-state index in [-0.39, 0.29) is 11.6 Å². The van der Waals surface area contributed by atoms with E-state index in [1.165, 1.54) is 0 Å². The molecule has 2 aromatic rings. The quantitative estimate of drug-likeness (QED) is 0.723. The van der Waals surface area contributed by atoms with Gasteiger partial charge in [-0.3, -0.25) is 9.59 Å². The minimum Gasteiger partial charge on any atom is -0.273 e. The Balaban J connectivity index is 1.92. The predicted octanol–water partition coefficient (Wildman–Crippen LogP) is 4.35. The van der Waals surface area contributed by atoms with Crippen molar-refractivity contribution in [1.29, 1.82) is 0 Å². The number of amides is 2. The second-order valence-electron chi connectivity index (χ2n) is 6.76. The van der Waals surface area contributed by atoms with Gasteiger partial charge in [0.2, 0.25) is 5.91 Å². The van der Waals surface area contributed by atoms with E-state index >= 15 is 0 Å². The second-order valence-corrected chi connectivity index (χ2v) is 6.76. The molecule has 1 fully saturated rings. The maximum absolute atomic E-state index is 13.7. The first-order valence-electron chi connectivity index (χ1n) is 8.47. The topological polar surface area (TPSA) is 37.4 Å². The van der Waals surface area contributed by atoms with Crippen LogP contribution < -0.4 is 4.90 Å². The van der Waals surface area contributed by atoms with Gasteiger partial charge in [0.25, 0.3) is 5.91 Å². The third-order valence-corrected chi connectivity index (χ3v) is 5.30. The van der Waals surface area contributed by atoms with Gasteiger partial charge in [-0.25, -0.2) is 13.7 Å². The fourth-order valence-corrected chi connectivity index (χ4v) is 4.17. The Bertz CT molecular complexity index is 851. The average molecular weight is 341 g/mol. The molecule has 2 amide bonds. The van der Waals surface area contributed by atoms with Crippen LogP contribution in [0, 0.1) is 11.6 Å². The second kappa shape index (κ2) is 5.76. The standard InChI is InChI=1S/C20H17F2NO2/c21-13-10-14(22)12-15(11-13)23-18(24)16-6-2-3-7-17(16)20(19(23)25)8-4-1-5-9-20/h2-3,6-7,10-12H,1,4-5,8-9H2. The number of halogens is 2. The summed E-state index contributed by atoms with van der Waals surface area (Å²) in [4.78, 5) is 27.3. The van der Waals surface area contributed by atoms with Gasteiger partial charge < -0.3 is 0 Å². The third-order valence-electron chi connectivity index (χ3n) is 5.30. The average Bonchev–Trinajstić information content (AvgIpc) is 2.60. The largest absolute Gasteiger partial charge is 0.273 e. The monoisotopic (exact) mass is 341 g/mol. The molecular weight excluding hydrogens is 324 g/mol. The fourth-order valence-electron chi connectivity index (χ4n) is 4.17. The van der Waals surface area contributed by atoms with Crippen LogP contribution in [0.5, 0.6) is 0 Å². The summed E-state index contributed by atoms with van der Waals surface area (Å²) in [6.45, 7) is 0. The van der Waals surface area contributed by atoms with Crippen LogP contribution in [0.1, 0.15) is 48.0 Å². The lowest BCUT2D eigenvalue weighted by molar-refractivity contribution is -0.125. The summed E-state index contributed by atoms with van der Waals surface area (Å²) in [7, 11) is 0. The molecule has 1 saturated carbocycles. The fraction of sp³-hybridized carbons (Fsp3) is 0.300. The number of anilines is 1. The number of benzene rings is 2. The number of carbonyl (C=O) groups is 2. The molecule has 0 bridgehead atoms. The minimum absolute atomic E-state index is 0.0491. The summed E-state index contributed by atoms with van der Waals surface area (Å²) in [5, 5.41) is 0. The molecular formula is C20H17F2NO2. The van der Waals surface area contributed by atoms with Crippen molar-refractivity contribution < 1.29 is 18.4 Å². The molecule has 2 aromatic carbocycles. The first-order valence-corrected chi connectivity index (χ1v) is 8.47. The van der Waals surface area contributed by atoms with Gasteiger partial charge in [0.05, 0.1) is 11.1 Å². The zero-order valence-electron chi connectivity index (χ0n) is 13.6. The number of fused-ring (bicyclic) bond motifs is 2. The lowest BCUT2D eigenvalue weighted by Gasteiger charge is -2.44. The lowest BCUT2D eigenvalue weighted by Crippen LogP contribution is -2.55. The van der Waals surface area contributed by atoms with Gasteiger partial charge in [-0.15, -0.1) is 0 Å². The van der Waals surface area contributed by atoms with Crippen LogP contribution in [-0.4, -0.2) is 11.8 Å². The Morgan fingerprint density at radius 3 is 2.20 bits per heavy atom. The van der Waals surface area contributed by atoms with Gasteiger partial charge >= 0.3 is 0 Å². The Morgan fingerprint density at radius 2 is 1.52 bits per heavy atom. The van der Waals surface area contributed by atoms with Crippen LogP contribution in [-0.2, 0) is 10.2 Å². The molecule has 0 aromatic heterocycles. The first kappa shape index (κ1) is 15.9. The van der Waals surface area contributed by atoms with Crippen molar-refractivity contribution in [3.8, 4) is 0 Å². The van der Waals surface area contributed by atoms with E-state index < -0.39 is 23.0 Å². The van der Waals surface area contributed by atoms with Gasteiger partial charge in [-0.05, 0) is 36.6 Å². The van der Waals surface area contributed by atoms with E-state index in [4.69, 9.17) is 0 Å². The van der Waals surface area contributed by atoms with Crippen molar-refractivity contribution >= 4 is 17.5 Å². The highest BCUT2D eigenvalue weighted by Crippen LogP contribution is 2.46. The van der Waals surface area contributed by atoms with Crippen LogP contribution in [0.25, 0.3) is 0 Å². The third kappa shape index (κ3) is 2.37. The molecule has 0 radical (unpaired) electrons. The van der Waals surface area contributed by atoms with E-state index in [2.05, 4.69) is 0 Å². The highest BCUT2D eigenvalue weighted by atomic mass is 19.1. The van der Waals surface area contributed by atoms with E-state index in [1.54, 1.807) is 12.1 Å². The van der Waals surface area contributed by atoms with Crippen molar-refractivity contribution in [2.45, 2.75) is 37.5 Å². The number of imide groups is 1. The highest BCUT2D eigenvalue weighted by Gasteiger charge is 2.51. The predicted molar refractivity (Wildman–Crippen MR) is 89.4 cm³/mol. The Morgan fingerprint density at radius 1 is 0.880 bits per heavy atom. The van der Waals surface area contributed by atoms with Crippen LogP contribution in [0.4, 0.5) is 14.5 Å². The zero-order chi connectivity index (χ0) is 17.6. The molecule has 5 heteroatoms. The lowest BCUT2D eigenvalue weighted by atomic mass is 9.65. The summed E-state index contributed by atoms with van der Waals surface area (Å²) in [6, 6.07) is 9.88. The maximum atomic E-state index is 13.7. The molecule has 4 rings (SSSR count). The molecule has 0 unspecified atom stereocenters. The number of rotatable bonds is 1. The number of hydrogen-bond donors (Lipinski definition) is 0. The van der Waals surface area contributed by atoms with Crippen molar-refractivity contribution in [3.05, 3.63) is 65.2 Å². The summed E-state index contributed by atoms with van der Waals surface area (Å²) in [5.74, 6) is -2.53. The summed E-state index contributed by atoms with van der Waals surface area (Å²) < 4.78 is 27.4. The Kier molecular flexibility index (Phi) is 3.67. The first-order chi connectivity index (χ1) is 12.0. The molecule has 3 nitrogen and oxygen atoms in total. The van der Waals surface area contributed by atoms with Crippen LogP contribution in [0.15, 0.2) is 42.5 Å². The number of hydrogen-bond acceptors (Lipinski definition) is 2. The van der Waals surface area contributed by atoms with Crippen molar-refractivity contribution in [2.24, 2.45) is 0 Å². The van der Waals surface area contributed by atoms with E-state index in [0.29, 0.717) is 18.4 Å². The van der Waals surface area contributed by atoms with Crippen molar-refractivity contribution in [1.82, 2.24) is 0 Å². The van der Waals surface area contributed by atoms with Crippen molar-refractivity contribution in [3.63, 3.8) is 0 Å². The molecule has 0 saturated heterocycles. The van der Waals surface area contributed by atoms with Crippen LogP contribution in [0.2, 0.25) is 0 Å². The molecule has 1 heterocycles. The molecule has 128 valence electrons. The highest BCUT2D eigenvalue weighted by molar-refractivity contribution is 6.27. The van der Waals surface area contributed by atoms with Crippen molar-refractivity contribution in [2.75, 3.05) is 4.90 Å². The van der Waals surface area contributed by atoms with Gasteiger partial charge in [0, 0.05) is 11.6 Å². The van der Waals surface area contributed by atoms with E-state index in [1.807, 2.05) is 12.1 Å². The van der Waals surface area contributed by atoms with Gasteiger partial charge in [0.1, 0.15) is 11.6 Å². The van der Waals surface area contributed by atoms with Crippen LogP contribution >= 0.6 is 0 Å². The molecule has 0 atom stereocenters. The van der Waals surface area contributed by atoms with Crippen LogP contribution in [0.3, 0.4) is 0 Å². The summed E-state index contributed by atoms with van der Waals surface area (Å²) >= 11 is 0. The van der Waals surface area contributed by atoms with Gasteiger partial charge in [-0.1, -0.05) is 37.5 Å². The number of carbonyl (C=O) groups excluding carboxylic acids is 2. The number of nitrogens with zero attached hydrogens (tertiary/aromatic N) is 1. The molecule has 2 aliphatic rings. The van der Waals surface area contributed by atoms with Gasteiger partial charge in [-0.2, -0.15) is 0 Å². The summed E-state index contributed by atoms with van der Waals surface area (Å²) in [5.41, 5.74) is 0.351.